The van der Waals surface area contributed by atoms with Crippen molar-refractivity contribution in [3.05, 3.63) is 71.4 Å². The maximum atomic E-state index is 8.52. The standard InChI is InChI=1S/C22H25N2.H2O4S/c1-16-15-17-9-5-7-11-19(17)24(16)14-13-21-22(2,3)18-10-6-8-12-20(18)23(21)4;1-5(2,3)4/h5-14,16H,15H2,1-4H3;(H2,1,2,3,4)/q+1;/p-2. The molecule has 6 nitrogen and oxygen atoms in total. The van der Waals surface area contributed by atoms with Crippen LogP contribution in [0.15, 0.2) is 60.3 Å². The largest absolute Gasteiger partial charge is 0.759 e. The van der Waals surface area contributed by atoms with E-state index in [1.54, 1.807) is 0 Å². The number of likely N-dealkylation sites (N-methyl/N-ethyl adjacent to an activating group) is 1. The zero-order valence-electron chi connectivity index (χ0n) is 17.0. The molecule has 154 valence electrons. The summed E-state index contributed by atoms with van der Waals surface area (Å²) in [6, 6.07) is 18.0. The number of anilines is 1. The molecule has 0 fully saturated rings. The number of hydrogen-bond acceptors (Lipinski definition) is 5. The second kappa shape index (κ2) is 7.74. The molecule has 0 aromatic heterocycles. The molecule has 0 aliphatic carbocycles. The van der Waals surface area contributed by atoms with Crippen molar-refractivity contribution < 1.29 is 22.1 Å². The van der Waals surface area contributed by atoms with Gasteiger partial charge in [0.05, 0.1) is 0 Å². The first-order valence-electron chi connectivity index (χ1n) is 9.42. The summed E-state index contributed by atoms with van der Waals surface area (Å²) in [6.07, 6.45) is 5.70. The Morgan fingerprint density at radius 1 is 1.10 bits per heavy atom. The third kappa shape index (κ3) is 4.42. The third-order valence-corrected chi connectivity index (χ3v) is 5.59. The average molecular weight is 414 g/mol. The summed E-state index contributed by atoms with van der Waals surface area (Å²) in [5.41, 5.74) is 6.89. The number of para-hydroxylation sites is 2. The Hall–Kier alpha value is -2.48. The maximum Gasteiger partial charge on any atom is 0.208 e. The van der Waals surface area contributed by atoms with Gasteiger partial charge in [-0.25, -0.2) is 0 Å². The van der Waals surface area contributed by atoms with E-state index in [-0.39, 0.29) is 5.41 Å². The predicted octanol–water partition coefficient (Wildman–Crippen LogP) is 3.32. The van der Waals surface area contributed by atoms with E-state index in [4.69, 9.17) is 17.5 Å². The van der Waals surface area contributed by atoms with Gasteiger partial charge >= 0.3 is 0 Å². The van der Waals surface area contributed by atoms with E-state index >= 15 is 0 Å². The molecule has 0 bridgehead atoms. The fourth-order valence-corrected chi connectivity index (χ4v) is 4.27. The van der Waals surface area contributed by atoms with Crippen molar-refractivity contribution in [3.8, 4) is 0 Å². The van der Waals surface area contributed by atoms with Crippen molar-refractivity contribution in [1.29, 1.82) is 0 Å². The molecular formula is C22H25N2O4S-. The van der Waals surface area contributed by atoms with Crippen molar-refractivity contribution >= 4 is 28.0 Å². The highest BCUT2D eigenvalue weighted by molar-refractivity contribution is 7.79. The molecule has 29 heavy (non-hydrogen) atoms. The molecule has 2 heterocycles. The Bertz CT molecular complexity index is 1080. The van der Waals surface area contributed by atoms with E-state index in [1.807, 2.05) is 0 Å². The van der Waals surface area contributed by atoms with Crippen LogP contribution < -0.4 is 4.90 Å². The van der Waals surface area contributed by atoms with Crippen LogP contribution in [-0.2, 0) is 22.2 Å². The van der Waals surface area contributed by atoms with Crippen LogP contribution in [0.2, 0.25) is 0 Å². The van der Waals surface area contributed by atoms with Gasteiger partial charge in [0.25, 0.3) is 0 Å². The van der Waals surface area contributed by atoms with E-state index in [2.05, 4.69) is 98.1 Å². The van der Waals surface area contributed by atoms with Crippen LogP contribution in [0, 0.1) is 0 Å². The van der Waals surface area contributed by atoms with Gasteiger partial charge in [-0.15, -0.1) is 0 Å². The Kier molecular flexibility index (Phi) is 5.67. The van der Waals surface area contributed by atoms with Crippen LogP contribution in [0.1, 0.15) is 31.9 Å². The normalized spacial score (nSPS) is 22.3. The molecule has 4 rings (SSSR count). The molecule has 2 aliphatic heterocycles. The van der Waals surface area contributed by atoms with Crippen LogP contribution in [-0.4, -0.2) is 41.4 Å². The minimum atomic E-state index is -5.17. The Balaban J connectivity index is 0.000000431. The number of nitrogens with zero attached hydrogens (tertiary/aromatic N) is 2. The number of allylic oxidation sites excluding steroid dienone is 2. The van der Waals surface area contributed by atoms with Gasteiger partial charge in [-0.2, -0.15) is 4.58 Å². The van der Waals surface area contributed by atoms with Crippen molar-refractivity contribution in [2.45, 2.75) is 38.6 Å². The molecule has 0 saturated carbocycles. The summed E-state index contributed by atoms with van der Waals surface area (Å²) >= 11 is 0. The van der Waals surface area contributed by atoms with Gasteiger partial charge in [-0.3, -0.25) is 8.42 Å². The van der Waals surface area contributed by atoms with Gasteiger partial charge in [0, 0.05) is 58.4 Å². The molecule has 7 heteroatoms. The van der Waals surface area contributed by atoms with Crippen LogP contribution in [0.25, 0.3) is 0 Å². The van der Waals surface area contributed by atoms with Crippen LogP contribution in [0.3, 0.4) is 0 Å². The van der Waals surface area contributed by atoms with Gasteiger partial charge in [-0.1, -0.05) is 50.2 Å². The highest BCUT2D eigenvalue weighted by Gasteiger charge is 2.38. The summed E-state index contributed by atoms with van der Waals surface area (Å²) in [5, 5.41) is 0. The number of rotatable bonds is 1. The van der Waals surface area contributed by atoms with E-state index in [0.29, 0.717) is 6.04 Å². The fraction of sp³-hybridized carbons (Fsp3) is 0.318. The first kappa shape index (κ1) is 21.2. The predicted molar refractivity (Wildman–Crippen MR) is 112 cm³/mol. The highest BCUT2D eigenvalue weighted by Crippen LogP contribution is 2.46. The Morgan fingerprint density at radius 2 is 1.69 bits per heavy atom. The second-order valence-corrected chi connectivity index (χ2v) is 8.72. The van der Waals surface area contributed by atoms with Crippen molar-refractivity contribution in [2.24, 2.45) is 0 Å². The molecule has 0 radical (unpaired) electrons. The molecule has 0 spiro atoms. The van der Waals surface area contributed by atoms with E-state index < -0.39 is 10.4 Å². The van der Waals surface area contributed by atoms with E-state index in [9.17, 15) is 0 Å². The molecule has 0 saturated heterocycles. The summed E-state index contributed by atoms with van der Waals surface area (Å²) < 4.78 is 36.5. The lowest BCUT2D eigenvalue weighted by Gasteiger charge is -2.23. The molecular weight excluding hydrogens is 388 g/mol. The lowest BCUT2D eigenvalue weighted by molar-refractivity contribution is -0.463. The zero-order chi connectivity index (χ0) is 21.4. The monoisotopic (exact) mass is 413 g/mol. The number of fused-ring (bicyclic) bond motifs is 2. The minimum absolute atomic E-state index is 0.0321. The van der Waals surface area contributed by atoms with Crippen molar-refractivity contribution in [3.63, 3.8) is 0 Å². The summed E-state index contributed by atoms with van der Waals surface area (Å²) in [4.78, 5) is 2.33. The summed E-state index contributed by atoms with van der Waals surface area (Å²) in [6.45, 7) is 6.93. The van der Waals surface area contributed by atoms with Gasteiger partial charge in [0.2, 0.25) is 5.69 Å². The SMILES string of the molecule is CC1Cc2ccccc2[N+]1=CC=C1N(C)c2ccccc2C1(C)C.O=S(=O)([O-])[O-]. The maximum absolute atomic E-state index is 8.52. The summed E-state index contributed by atoms with van der Waals surface area (Å²) in [7, 11) is -2.99. The second-order valence-electron chi connectivity index (χ2n) is 7.90. The smallest absolute Gasteiger partial charge is 0.208 e. The molecule has 1 atom stereocenters. The van der Waals surface area contributed by atoms with Gasteiger partial charge in [0.1, 0.15) is 0 Å². The first-order chi connectivity index (χ1) is 13.5. The molecule has 1 unspecified atom stereocenters. The first-order valence-corrected chi connectivity index (χ1v) is 10.8. The van der Waals surface area contributed by atoms with Crippen LogP contribution in [0.4, 0.5) is 11.4 Å². The molecule has 0 amide bonds. The van der Waals surface area contributed by atoms with E-state index in [0.717, 1.165) is 6.42 Å². The van der Waals surface area contributed by atoms with Crippen molar-refractivity contribution in [1.82, 2.24) is 0 Å². The Labute approximate surface area is 172 Å². The molecule has 0 N–H and O–H groups in total. The minimum Gasteiger partial charge on any atom is -0.759 e. The van der Waals surface area contributed by atoms with Gasteiger partial charge in [0.15, 0.2) is 12.3 Å². The quantitative estimate of drug-likeness (QED) is 0.407. The third-order valence-electron chi connectivity index (χ3n) is 5.59. The van der Waals surface area contributed by atoms with Crippen LogP contribution in [0.5, 0.6) is 0 Å². The zero-order valence-corrected chi connectivity index (χ0v) is 17.8. The van der Waals surface area contributed by atoms with Gasteiger partial charge in [-0.05, 0) is 18.6 Å². The number of hydrogen-bond donors (Lipinski definition) is 0. The van der Waals surface area contributed by atoms with Crippen LogP contribution >= 0.6 is 0 Å². The number of benzene rings is 2. The Morgan fingerprint density at radius 3 is 2.34 bits per heavy atom. The lowest BCUT2D eigenvalue weighted by Crippen LogP contribution is -2.24. The molecule has 2 aromatic carbocycles. The van der Waals surface area contributed by atoms with Gasteiger partial charge < -0.3 is 14.0 Å². The summed E-state index contributed by atoms with van der Waals surface area (Å²) in [5.74, 6) is 0. The fourth-order valence-electron chi connectivity index (χ4n) is 4.27. The molecule has 2 aromatic rings. The average Bonchev–Trinajstić information content (AvgIpc) is 3.04. The molecule has 2 aliphatic rings. The van der Waals surface area contributed by atoms with Crippen molar-refractivity contribution in [2.75, 3.05) is 11.9 Å². The lowest BCUT2D eigenvalue weighted by atomic mass is 9.84. The highest BCUT2D eigenvalue weighted by atomic mass is 32.3. The topological polar surface area (TPSA) is 86.5 Å². The van der Waals surface area contributed by atoms with E-state index in [1.165, 1.54) is 28.2 Å².